The van der Waals surface area contributed by atoms with Gasteiger partial charge >= 0.3 is 162 Å². The number of ether oxygens (including phenoxy) is 2. The first-order valence-corrected chi connectivity index (χ1v) is 48.3. The monoisotopic (exact) mass is 2840 g/mol. The minimum atomic E-state index is -1.08. The molecular weight excluding hydrogens is 2670 g/mol. The van der Waals surface area contributed by atoms with E-state index in [1.807, 2.05) is 0 Å². The van der Waals surface area contributed by atoms with Crippen molar-refractivity contribution in [2.24, 2.45) is 28.7 Å². The second-order valence-electron chi connectivity index (χ2n) is 33.2. The molecule has 42 nitrogen and oxygen atoms in total. The van der Waals surface area contributed by atoms with Crippen LogP contribution in [0.1, 0.15) is 373 Å². The Kier molecular flexibility index (Phi) is 158. The van der Waals surface area contributed by atoms with E-state index in [-0.39, 0.29) is 202 Å². The number of hydrogen-bond donors (Lipinski definition) is 10. The van der Waals surface area contributed by atoms with Crippen LogP contribution < -0.4 is 5.32 Å². The molecule has 8 unspecified atom stereocenters. The number of carbonyl (C=O) groups excluding carboxylic acids is 13. The van der Waals surface area contributed by atoms with Crippen molar-refractivity contribution in [3.63, 3.8) is 0 Å². The van der Waals surface area contributed by atoms with E-state index in [0.29, 0.717) is 36.8 Å². The maximum absolute atomic E-state index is 10.2. The number of rotatable bonds is 46. The molecule has 46 heteroatoms. The summed E-state index contributed by atoms with van der Waals surface area (Å²) in [6, 6.07) is 0.569. The Hall–Kier alpha value is -8.52. The van der Waals surface area contributed by atoms with Crippen LogP contribution >= 0.6 is 0 Å². The number of esters is 4. The van der Waals surface area contributed by atoms with Crippen molar-refractivity contribution in [3.05, 3.63) is 106 Å². The van der Waals surface area contributed by atoms with Gasteiger partial charge in [-0.05, 0) is 12.8 Å². The third-order valence-corrected chi connectivity index (χ3v) is 20.1. The summed E-state index contributed by atoms with van der Waals surface area (Å²) >= 11 is 0. The van der Waals surface area contributed by atoms with Gasteiger partial charge in [-0.3, -0.25) is 113 Å². The number of carboxylic acids is 8. The number of isocyanates is 1. The zero-order valence-corrected chi connectivity index (χ0v) is 95.7. The minimum absolute atomic E-state index is 0. The number of amides is 1. The van der Waals surface area contributed by atoms with Gasteiger partial charge in [-0.1, -0.05) is 284 Å². The van der Waals surface area contributed by atoms with Crippen LogP contribution in [0.25, 0.3) is 22.9 Å². The standard InChI is InChI=1S/C17H35NO2.C17H33NO.4C7H13N.4C4H6O4.2C4H4O3.4C4H4O2.3H2O.4Pt/c1-2-3-4-5-6-7-8-9-10-11-12-13-14-15-16-18-17(19)20;1-2-3-4-5-6-7-8-9-10-11-12-13-14-15-16-18-17-19;4*1-6-4-2-3-5-7(6)8;4*5-3(6)1-2-4(7)8;2*5-3-1-2-4(6)7-3;4*1-3(5)4(2)6;;;;;;;/h18H,2-16H2,1H3,(H,19,20);2-16H2,1H3;4*6-8H,1-5H2;4*1-2H2,(H,5,6)(H,7,8);2*1-2H2;4*1-2H2;3*1H2;;;;/q;;4*-2;;;;;;;4*-2;;;;4*+4. The molecule has 0 spiro atoms. The predicted molar refractivity (Wildman–Crippen MR) is 544 cm³/mol. The molecule has 0 aromatic heterocycles. The Morgan fingerprint density at radius 1 is 0.284 bits per heavy atom. The molecule has 0 aromatic rings. The number of aliphatic imine (C=N–C) groups is 1. The number of ketones is 8. The van der Waals surface area contributed by atoms with Gasteiger partial charge < -0.3 is 166 Å². The Labute approximate surface area is 935 Å². The number of nitrogens with one attached hydrogen (secondary N) is 5. The van der Waals surface area contributed by atoms with Crippen molar-refractivity contribution >= 4 is 130 Å². The number of cyclic esters (lactones) is 4. The van der Waals surface area contributed by atoms with Crippen molar-refractivity contribution in [3.8, 4) is 0 Å². The van der Waals surface area contributed by atoms with Gasteiger partial charge in [-0.2, -0.15) is 47.8 Å². The van der Waals surface area contributed by atoms with Crippen molar-refractivity contribution in [2.45, 2.75) is 398 Å². The van der Waals surface area contributed by atoms with E-state index in [2.05, 4.69) is 117 Å². The predicted octanol–water partition coefficient (Wildman–Crippen LogP) is 17.4. The van der Waals surface area contributed by atoms with Crippen LogP contribution in [0.3, 0.4) is 0 Å². The van der Waals surface area contributed by atoms with Gasteiger partial charge in [0.2, 0.25) is 6.08 Å². The van der Waals surface area contributed by atoms with E-state index in [9.17, 15) is 105 Å². The molecular formula is C102H174N6O36Pt4. The average Bonchev–Trinajstić information content (AvgIpc) is 1.35. The SMILES string of the molecule is CCCCCCCCCCCCCCCCN=C=O.CCCCCCCCCCCCCCCCNC(=O)O.O.O.O.O=C(O)CCC(=O)O.O=C(O)CCC(=O)O.O=C(O)CCC(=O)O.O=C(O)CCC(=O)O.O=C1CCC(=O)O1.O=C1CCC(=O)O1.[CH2-]C(=O)C([CH2-])=O.[CH2-]C(=O)C([CH2-])=O.[CH2-]C(=O)C([CH2-])=O.[CH2-]C(=O)C([CH2-])=O.[CH2-]C1CCCCC1[NH-].[CH2-]C1CCCCC1[NH-].[CH2-]C1CCCCC1[NH-].[CH2-]C1CCCCC1[NH-].[Pt+4].[Pt+4].[Pt+4].[Pt+4]. The van der Waals surface area contributed by atoms with Gasteiger partial charge in [0.1, 0.15) is 0 Å². The van der Waals surface area contributed by atoms with E-state index in [4.69, 9.17) is 68.9 Å². The minimum Gasteiger partial charge on any atom is -0.677 e. The summed E-state index contributed by atoms with van der Waals surface area (Å²) in [7, 11) is 0. The third-order valence-electron chi connectivity index (χ3n) is 20.1. The number of nitrogens with zero attached hydrogens (tertiary/aromatic N) is 1. The van der Waals surface area contributed by atoms with Crippen LogP contribution in [0.4, 0.5) is 4.79 Å². The Morgan fingerprint density at radius 2 is 0.432 bits per heavy atom. The summed E-state index contributed by atoms with van der Waals surface area (Å²) in [5, 5.41) is 74.0. The summed E-state index contributed by atoms with van der Waals surface area (Å²) in [5.41, 5.74) is 29.7. The van der Waals surface area contributed by atoms with E-state index >= 15 is 0 Å². The summed E-state index contributed by atoms with van der Waals surface area (Å²) in [4.78, 5) is 218. The molecule has 6 fully saturated rings. The van der Waals surface area contributed by atoms with Gasteiger partial charge in [0.15, 0.2) is 0 Å². The van der Waals surface area contributed by atoms with Crippen molar-refractivity contribution < 1.29 is 262 Å². The molecule has 2 aliphatic heterocycles. The molecule has 6 aliphatic rings. The van der Waals surface area contributed by atoms with Crippen LogP contribution in [0.2, 0.25) is 0 Å². The largest absolute Gasteiger partial charge is 4.00 e. The normalized spacial score (nSPS) is 16.3. The topological polar surface area (TPSA) is 790 Å². The molecule has 8 atom stereocenters. The number of carboxylic acid groups (broad SMARTS) is 9. The van der Waals surface area contributed by atoms with E-state index in [1.54, 1.807) is 6.08 Å². The van der Waals surface area contributed by atoms with Crippen molar-refractivity contribution in [1.82, 2.24) is 5.32 Å². The van der Waals surface area contributed by atoms with Gasteiger partial charge in [-0.15, -0.1) is 46.3 Å². The fraction of sp³-hybridized carbons (Fsp3) is 0.667. The molecule has 868 valence electrons. The number of Topliss-reactive ketones (excluding diaryl/α,β-unsaturated/α-hetero) is 8. The maximum Gasteiger partial charge on any atom is 4.00 e. The second-order valence-corrected chi connectivity index (χ2v) is 33.2. The van der Waals surface area contributed by atoms with Crippen LogP contribution in [0.5, 0.6) is 0 Å². The molecule has 0 bridgehead atoms. The van der Waals surface area contributed by atoms with Gasteiger partial charge in [0, 0.05) is 6.54 Å². The van der Waals surface area contributed by atoms with Crippen molar-refractivity contribution in [1.29, 1.82) is 0 Å². The summed E-state index contributed by atoms with van der Waals surface area (Å²) in [6.45, 7) is 43.7. The number of aliphatic carboxylic acids is 8. The van der Waals surface area contributed by atoms with E-state index < -0.39 is 124 Å². The zero-order valence-electron chi connectivity index (χ0n) is 86.7. The Balaban J connectivity index is -0.0000000836. The Bertz CT molecular complexity index is 3000. The van der Waals surface area contributed by atoms with Gasteiger partial charge in [0.25, 0.3) is 0 Å². The molecule has 2 saturated heterocycles. The van der Waals surface area contributed by atoms with Crippen molar-refractivity contribution in [2.75, 3.05) is 13.1 Å². The second kappa shape index (κ2) is 131. The molecule has 0 radical (unpaired) electrons. The molecule has 4 aliphatic carbocycles. The zero-order chi connectivity index (χ0) is 110. The van der Waals surface area contributed by atoms with Gasteiger partial charge in [0.05, 0.1) is 83.6 Å². The molecule has 2 heterocycles. The van der Waals surface area contributed by atoms with Crippen LogP contribution in [0.15, 0.2) is 4.99 Å². The summed E-state index contributed by atoms with van der Waals surface area (Å²) in [6.07, 6.45) is 56.3. The number of carbonyl (C=O) groups is 21. The van der Waals surface area contributed by atoms with Crippen LogP contribution in [-0.4, -0.2) is 230 Å². The summed E-state index contributed by atoms with van der Waals surface area (Å²) < 4.78 is 8.17. The fourth-order valence-corrected chi connectivity index (χ4v) is 11.5. The fourth-order valence-electron chi connectivity index (χ4n) is 11.5. The molecule has 1 amide bonds. The van der Waals surface area contributed by atoms with Gasteiger partial charge in [-0.25, -0.2) is 14.6 Å². The smallest absolute Gasteiger partial charge is 0.677 e. The first-order chi connectivity index (χ1) is 66.1. The summed E-state index contributed by atoms with van der Waals surface area (Å²) in [5.74, 6) is -14.4. The quantitative estimate of drug-likeness (QED) is 0.00515. The number of unbranched alkanes of at least 4 members (excludes halogenated alkanes) is 26. The third kappa shape index (κ3) is 171. The molecule has 0 aromatic carbocycles. The first kappa shape index (κ1) is 178. The molecule has 148 heavy (non-hydrogen) atoms. The van der Waals surface area contributed by atoms with E-state index in [0.717, 1.165) is 44.9 Å². The number of hydrogen-bond acceptors (Lipinski definition) is 25. The molecule has 20 N–H and O–H groups in total. The Morgan fingerprint density at radius 3 is 0.541 bits per heavy atom. The average molecular weight is 2840 g/mol. The van der Waals surface area contributed by atoms with Crippen LogP contribution in [0, 0.1) is 107 Å². The first-order valence-electron chi connectivity index (χ1n) is 48.3. The van der Waals surface area contributed by atoms with Crippen LogP contribution in [-0.2, 0) is 194 Å². The maximum atomic E-state index is 10.2. The van der Waals surface area contributed by atoms with E-state index in [1.165, 1.54) is 238 Å². The molecule has 4 saturated carbocycles. The molecule has 6 rings (SSSR count).